The smallest absolute Gasteiger partial charge is 0.253 e. The zero-order valence-corrected chi connectivity index (χ0v) is 17.4. The van der Waals surface area contributed by atoms with Gasteiger partial charge in [0.2, 0.25) is 0 Å². The van der Waals surface area contributed by atoms with Crippen LogP contribution in [0.4, 0.5) is 0 Å². The molecule has 27 heavy (non-hydrogen) atoms. The van der Waals surface area contributed by atoms with Gasteiger partial charge in [0, 0.05) is 33.7 Å². The van der Waals surface area contributed by atoms with Crippen molar-refractivity contribution in [2.45, 2.75) is 39.8 Å². The van der Waals surface area contributed by atoms with Crippen LogP contribution in [-0.4, -0.2) is 23.0 Å². The molecule has 140 valence electrons. The molecule has 0 bridgehead atoms. The van der Waals surface area contributed by atoms with E-state index in [1.54, 1.807) is 36.7 Å². The van der Waals surface area contributed by atoms with Gasteiger partial charge >= 0.3 is 0 Å². The maximum atomic E-state index is 12.6. The number of amides is 1. The second-order valence-corrected chi connectivity index (χ2v) is 8.90. The topological polar surface area (TPSA) is 75.0 Å². The third kappa shape index (κ3) is 3.44. The van der Waals surface area contributed by atoms with Crippen LogP contribution in [0.15, 0.2) is 47.2 Å². The summed E-state index contributed by atoms with van der Waals surface area (Å²) in [6, 6.07) is 10.9. The summed E-state index contributed by atoms with van der Waals surface area (Å²) >= 11 is 3.40. The summed E-state index contributed by atoms with van der Waals surface area (Å²) in [6.45, 7) is 8.37. The number of rotatable bonds is 4. The molecule has 1 aliphatic rings. The van der Waals surface area contributed by atoms with Crippen LogP contribution in [0.2, 0.25) is 0 Å². The highest BCUT2D eigenvalue weighted by Crippen LogP contribution is 2.55. The Morgan fingerprint density at radius 2 is 1.96 bits per heavy atom. The Morgan fingerprint density at radius 3 is 2.52 bits per heavy atom. The molecule has 6 heteroatoms. The van der Waals surface area contributed by atoms with Gasteiger partial charge in [-0.2, -0.15) is 5.26 Å². The maximum absolute atomic E-state index is 12.6. The fourth-order valence-electron chi connectivity index (χ4n) is 4.31. The van der Waals surface area contributed by atoms with E-state index in [2.05, 4.69) is 60.0 Å². The van der Waals surface area contributed by atoms with Gasteiger partial charge in [-0.15, -0.1) is 0 Å². The van der Waals surface area contributed by atoms with E-state index in [9.17, 15) is 4.79 Å². The predicted octanol–water partition coefficient (Wildman–Crippen LogP) is 4.33. The molecule has 5 nitrogen and oxygen atoms in total. The number of hydrogen-bond donors (Lipinski definition) is 1. The molecule has 1 amide bonds. The first-order chi connectivity index (χ1) is 12.7. The van der Waals surface area contributed by atoms with Crippen molar-refractivity contribution in [2.24, 2.45) is 10.8 Å². The summed E-state index contributed by atoms with van der Waals surface area (Å²) in [6.07, 6.45) is 3.12. The summed E-state index contributed by atoms with van der Waals surface area (Å²) in [5.74, 6) is 0.567. The van der Waals surface area contributed by atoms with Crippen molar-refractivity contribution in [3.05, 3.63) is 58.3 Å². The van der Waals surface area contributed by atoms with E-state index in [0.29, 0.717) is 21.3 Å². The Balaban J connectivity index is 1.77. The van der Waals surface area contributed by atoms with E-state index in [1.807, 2.05) is 6.07 Å². The number of pyridine rings is 1. The van der Waals surface area contributed by atoms with E-state index in [0.717, 1.165) is 0 Å². The Labute approximate surface area is 167 Å². The van der Waals surface area contributed by atoms with Crippen molar-refractivity contribution in [3.8, 4) is 11.8 Å². The summed E-state index contributed by atoms with van der Waals surface area (Å²) in [5.41, 5.74) is 0.587. The van der Waals surface area contributed by atoms with Crippen LogP contribution in [0.1, 0.15) is 43.6 Å². The van der Waals surface area contributed by atoms with E-state index in [1.165, 1.54) is 0 Å². The molecular formula is C21H22BrN3O2. The minimum Gasteiger partial charge on any atom is -0.489 e. The molecule has 0 saturated heterocycles. The zero-order valence-electron chi connectivity index (χ0n) is 15.8. The molecule has 0 unspecified atom stereocenters. The molecule has 1 saturated carbocycles. The Hall–Kier alpha value is -2.39. The van der Waals surface area contributed by atoms with Crippen LogP contribution in [-0.2, 0) is 0 Å². The van der Waals surface area contributed by atoms with Gasteiger partial charge in [-0.3, -0.25) is 9.78 Å². The first kappa shape index (κ1) is 19.4. The second-order valence-electron chi connectivity index (χ2n) is 8.04. The lowest BCUT2D eigenvalue weighted by Gasteiger charge is -2.63. The second kappa shape index (κ2) is 6.97. The quantitative estimate of drug-likeness (QED) is 0.787. The highest BCUT2D eigenvalue weighted by Gasteiger charge is 2.64. The van der Waals surface area contributed by atoms with E-state index in [4.69, 9.17) is 10.00 Å². The van der Waals surface area contributed by atoms with Gasteiger partial charge in [-0.25, -0.2) is 0 Å². The minimum absolute atomic E-state index is 0.0514. The maximum Gasteiger partial charge on any atom is 0.253 e. The summed E-state index contributed by atoms with van der Waals surface area (Å²) in [4.78, 5) is 16.6. The fourth-order valence-corrected chi connectivity index (χ4v) is 4.75. The van der Waals surface area contributed by atoms with Crippen LogP contribution in [0, 0.1) is 22.2 Å². The lowest BCUT2D eigenvalue weighted by molar-refractivity contribution is -0.164. The number of halogens is 1. The lowest BCUT2D eigenvalue weighted by Crippen LogP contribution is -2.74. The first-order valence-corrected chi connectivity index (χ1v) is 9.54. The number of aromatic nitrogens is 1. The molecule has 2 aromatic rings. The van der Waals surface area contributed by atoms with Crippen LogP contribution >= 0.6 is 15.9 Å². The normalized spacial score (nSPS) is 22.2. The first-order valence-electron chi connectivity index (χ1n) is 8.75. The molecule has 0 spiro atoms. The van der Waals surface area contributed by atoms with Crippen molar-refractivity contribution in [3.63, 3.8) is 0 Å². The molecule has 1 aromatic heterocycles. The number of nitrogens with one attached hydrogen (secondary N) is 1. The van der Waals surface area contributed by atoms with Crippen LogP contribution < -0.4 is 10.1 Å². The Bertz CT molecular complexity index is 887. The molecule has 1 fully saturated rings. The molecule has 3 rings (SSSR count). The molecule has 0 radical (unpaired) electrons. The number of carbonyl (C=O) groups is 1. The van der Waals surface area contributed by atoms with Gasteiger partial charge in [0.25, 0.3) is 5.91 Å². The molecular weight excluding hydrogens is 406 g/mol. The standard InChI is InChI=1S/C21H22BrN3O2/c1-20(2)18(25-17(26)14-6-5-9-24-12-14)21(3,4)19(20)27-15-8-7-13(11-23)16(22)10-15/h5-10,12,18-19H,1-4H3,(H,25,26)/t18-,19-. The minimum atomic E-state index is -0.262. The number of benzene rings is 1. The fraction of sp³-hybridized carbons (Fsp3) is 0.381. The summed E-state index contributed by atoms with van der Waals surface area (Å²) in [7, 11) is 0. The summed E-state index contributed by atoms with van der Waals surface area (Å²) in [5, 5.41) is 12.2. The highest BCUT2D eigenvalue weighted by atomic mass is 79.9. The van der Waals surface area contributed by atoms with Crippen LogP contribution in [0.5, 0.6) is 5.75 Å². The zero-order chi connectivity index (χ0) is 19.8. The number of ether oxygens (including phenoxy) is 1. The molecule has 0 aliphatic heterocycles. The van der Waals surface area contributed by atoms with E-state index in [-0.39, 0.29) is 28.9 Å². The molecule has 1 heterocycles. The number of hydrogen-bond acceptors (Lipinski definition) is 4. The van der Waals surface area contributed by atoms with Gasteiger partial charge in [0.05, 0.1) is 11.1 Å². The average molecular weight is 428 g/mol. The number of nitrogens with zero attached hydrogens (tertiary/aromatic N) is 2. The van der Waals surface area contributed by atoms with E-state index >= 15 is 0 Å². The largest absolute Gasteiger partial charge is 0.489 e. The van der Waals surface area contributed by atoms with E-state index < -0.39 is 0 Å². The SMILES string of the molecule is CC1(C)[C@H](NC(=O)c2cccnc2)C(C)(C)[C@H]1Oc1ccc(C#N)c(Br)c1. The van der Waals surface area contributed by atoms with Gasteiger partial charge in [0.1, 0.15) is 17.9 Å². The van der Waals surface area contributed by atoms with Gasteiger partial charge in [-0.1, -0.05) is 27.7 Å². The molecule has 0 atom stereocenters. The van der Waals surface area contributed by atoms with Gasteiger partial charge in [0.15, 0.2) is 0 Å². The molecule has 1 aliphatic carbocycles. The van der Waals surface area contributed by atoms with Crippen molar-refractivity contribution >= 4 is 21.8 Å². The lowest BCUT2D eigenvalue weighted by atomic mass is 9.49. The highest BCUT2D eigenvalue weighted by molar-refractivity contribution is 9.10. The van der Waals surface area contributed by atoms with Crippen molar-refractivity contribution < 1.29 is 9.53 Å². The Kier molecular flexibility index (Phi) is 5.00. The van der Waals surface area contributed by atoms with Crippen molar-refractivity contribution in [2.75, 3.05) is 0 Å². The third-order valence-electron chi connectivity index (χ3n) is 5.35. The van der Waals surface area contributed by atoms with Crippen molar-refractivity contribution in [1.82, 2.24) is 10.3 Å². The summed E-state index contributed by atoms with van der Waals surface area (Å²) < 4.78 is 6.98. The third-order valence-corrected chi connectivity index (χ3v) is 6.01. The number of nitriles is 1. The van der Waals surface area contributed by atoms with Gasteiger partial charge < -0.3 is 10.1 Å². The van der Waals surface area contributed by atoms with Crippen LogP contribution in [0.3, 0.4) is 0 Å². The predicted molar refractivity (Wildman–Crippen MR) is 106 cm³/mol. The molecule has 1 N–H and O–H groups in total. The molecule has 1 aromatic carbocycles. The van der Waals surface area contributed by atoms with Crippen LogP contribution in [0.25, 0.3) is 0 Å². The monoisotopic (exact) mass is 427 g/mol. The average Bonchev–Trinajstić information content (AvgIpc) is 2.64. The number of carbonyl (C=O) groups excluding carboxylic acids is 1. The Morgan fingerprint density at radius 1 is 1.26 bits per heavy atom. The van der Waals surface area contributed by atoms with Gasteiger partial charge in [-0.05, 0) is 46.3 Å². The van der Waals surface area contributed by atoms with Crippen molar-refractivity contribution in [1.29, 1.82) is 5.26 Å².